The van der Waals surface area contributed by atoms with Crippen molar-refractivity contribution in [2.24, 2.45) is 0 Å². The number of rotatable bonds is 54. The summed E-state index contributed by atoms with van der Waals surface area (Å²) in [4.78, 5) is 38.0. The predicted octanol–water partition coefficient (Wildman–Crippen LogP) is 19.2. The molecule has 0 aliphatic heterocycles. The van der Waals surface area contributed by atoms with E-state index in [1.165, 1.54) is 25.7 Å². The third kappa shape index (κ3) is 62.6. The largest absolute Gasteiger partial charge is 0.756 e. The van der Waals surface area contributed by atoms with Gasteiger partial charge in [-0.15, -0.1) is 0 Å². The summed E-state index contributed by atoms with van der Waals surface area (Å²) in [5.74, 6) is -0.887. The number of ether oxygens (including phenoxy) is 2. The van der Waals surface area contributed by atoms with Gasteiger partial charge in [-0.05, 0) is 128 Å². The van der Waals surface area contributed by atoms with E-state index in [-0.39, 0.29) is 26.1 Å². The second-order valence-electron chi connectivity index (χ2n) is 20.9. The number of esters is 2. The molecule has 0 rings (SSSR count). The molecule has 0 heterocycles. The van der Waals surface area contributed by atoms with E-state index in [2.05, 4.69) is 184 Å². The number of quaternary nitrogens is 1. The maximum absolute atomic E-state index is 12.8. The van der Waals surface area contributed by atoms with Gasteiger partial charge in [-0.1, -0.05) is 235 Å². The van der Waals surface area contributed by atoms with Gasteiger partial charge in [-0.2, -0.15) is 0 Å². The molecule has 0 fully saturated rings. The Morgan fingerprint density at radius 2 is 0.675 bits per heavy atom. The molecule has 0 aromatic rings. The minimum absolute atomic E-state index is 0.0483. The topological polar surface area (TPSA) is 111 Å². The van der Waals surface area contributed by atoms with Crippen LogP contribution in [0.25, 0.3) is 0 Å². The number of allylic oxidation sites excluding steroid dienone is 28. The molecule has 0 aromatic carbocycles. The normalized spacial score (nSPS) is 14.4. The number of hydrogen-bond acceptors (Lipinski definition) is 8. The fraction of sp³-hybridized carbons (Fsp3) is 0.571. The molecule has 80 heavy (non-hydrogen) atoms. The first kappa shape index (κ1) is 75.4. The molecule has 2 unspecified atom stereocenters. The highest BCUT2D eigenvalue weighted by Crippen LogP contribution is 2.38. The lowest BCUT2D eigenvalue weighted by Crippen LogP contribution is -2.37. The monoisotopic (exact) mass is 1130 g/mol. The molecule has 10 heteroatoms. The van der Waals surface area contributed by atoms with Crippen LogP contribution in [0, 0.1) is 0 Å². The van der Waals surface area contributed by atoms with Crippen molar-refractivity contribution < 1.29 is 42.1 Å². The Bertz CT molecular complexity index is 1950. The highest BCUT2D eigenvalue weighted by atomic mass is 31.2. The van der Waals surface area contributed by atoms with E-state index in [1.54, 1.807) is 0 Å². The summed E-state index contributed by atoms with van der Waals surface area (Å²) in [6, 6.07) is 0. The van der Waals surface area contributed by atoms with Gasteiger partial charge in [-0.25, -0.2) is 0 Å². The zero-order valence-corrected chi connectivity index (χ0v) is 51.8. The van der Waals surface area contributed by atoms with Crippen molar-refractivity contribution in [3.05, 3.63) is 170 Å². The summed E-state index contributed by atoms with van der Waals surface area (Å²) in [5.41, 5.74) is 0. The zero-order chi connectivity index (χ0) is 58.4. The summed E-state index contributed by atoms with van der Waals surface area (Å²) < 4.78 is 34.2. The molecule has 0 aliphatic rings. The van der Waals surface area contributed by atoms with Crippen molar-refractivity contribution in [2.75, 3.05) is 47.5 Å². The average Bonchev–Trinajstić information content (AvgIpc) is 3.42. The number of phosphoric acid groups is 1. The minimum Gasteiger partial charge on any atom is -0.756 e. The SMILES string of the molecule is CC/C=C\C/C=C\C/C=C\C/C=C\C/C=C\C/C=C\C/C=C\C/C=C\CCCCCCC(=O)OC(COC(=O)CCCCCCCCCC/C=C\C/C=C\C/C=C\C/C=C\C/C=C\C/C=C\CC)COP(=O)([O-])OCC[N+](C)(C)C. The standard InChI is InChI=1S/C70H112NO8P/c1-6-8-10-12-14-16-18-20-22-24-26-28-30-32-34-35-37-39-41-43-45-47-49-51-53-55-57-59-61-63-70(73)79-68(67-78-80(74,75)77-65-64-71(3,4)5)66-76-69(72)62-60-58-56-54-52-50-48-46-44-42-40-38-36-33-31-29-27-25-23-21-19-17-15-13-11-9-7-2/h8-11,14-17,20-23,26-29,32-34,36-37,39-40,42-43,45,49,51,68H,6-7,12-13,18-19,24-25,30-31,35,38,41,44,46-48,50,52-67H2,1-5H3/b10-8-,11-9-,16-14-,17-15-,22-20-,23-21-,28-26-,29-27-,34-32-,36-33-,39-37-,42-40-,45-43-,51-49-. The minimum atomic E-state index is -4.66. The van der Waals surface area contributed by atoms with Crippen LogP contribution in [0.5, 0.6) is 0 Å². The molecular formula is C70H112NO8P. The van der Waals surface area contributed by atoms with Crippen LogP contribution in [-0.4, -0.2) is 70.0 Å². The van der Waals surface area contributed by atoms with Gasteiger partial charge in [0.2, 0.25) is 0 Å². The lowest BCUT2D eigenvalue weighted by atomic mass is 10.1. The molecule has 0 aliphatic carbocycles. The van der Waals surface area contributed by atoms with Gasteiger partial charge in [0, 0.05) is 12.8 Å². The molecule has 0 N–H and O–H groups in total. The Balaban J connectivity index is 4.28. The Hall–Kier alpha value is -4.63. The van der Waals surface area contributed by atoms with Crippen LogP contribution in [0.2, 0.25) is 0 Å². The van der Waals surface area contributed by atoms with Crippen LogP contribution >= 0.6 is 7.82 Å². The molecule has 0 amide bonds. The summed E-state index contributed by atoms with van der Waals surface area (Å²) in [6.45, 7) is 3.94. The van der Waals surface area contributed by atoms with Crippen molar-refractivity contribution in [1.29, 1.82) is 0 Å². The lowest BCUT2D eigenvalue weighted by molar-refractivity contribution is -0.870. The first-order valence-electron chi connectivity index (χ1n) is 30.8. The quantitative estimate of drug-likeness (QED) is 0.0195. The third-order valence-electron chi connectivity index (χ3n) is 12.2. The number of nitrogens with zero attached hydrogens (tertiary/aromatic N) is 1. The maximum atomic E-state index is 12.8. The molecule has 0 saturated heterocycles. The van der Waals surface area contributed by atoms with E-state index in [0.29, 0.717) is 23.9 Å². The van der Waals surface area contributed by atoms with Crippen molar-refractivity contribution in [2.45, 2.75) is 213 Å². The van der Waals surface area contributed by atoms with Crippen LogP contribution in [0.3, 0.4) is 0 Å². The molecule has 0 radical (unpaired) electrons. The van der Waals surface area contributed by atoms with Crippen molar-refractivity contribution >= 4 is 19.8 Å². The van der Waals surface area contributed by atoms with E-state index in [9.17, 15) is 19.0 Å². The van der Waals surface area contributed by atoms with Gasteiger partial charge in [0.15, 0.2) is 6.10 Å². The summed E-state index contributed by atoms with van der Waals surface area (Å²) in [7, 11) is 1.11. The molecule has 2 atom stereocenters. The predicted molar refractivity (Wildman–Crippen MR) is 341 cm³/mol. The van der Waals surface area contributed by atoms with Crippen molar-refractivity contribution in [3.63, 3.8) is 0 Å². The molecule has 450 valence electrons. The second kappa shape index (κ2) is 59.0. The Morgan fingerprint density at radius 3 is 1.00 bits per heavy atom. The first-order chi connectivity index (χ1) is 39.0. The number of likely N-dealkylation sites (N-methyl/N-ethyl adjacent to an activating group) is 1. The lowest BCUT2D eigenvalue weighted by Gasteiger charge is -2.28. The molecule has 0 spiro atoms. The van der Waals surface area contributed by atoms with Crippen LogP contribution in [0.4, 0.5) is 0 Å². The highest BCUT2D eigenvalue weighted by molar-refractivity contribution is 7.45. The number of carbonyl (C=O) groups excluding carboxylic acids is 2. The fourth-order valence-corrected chi connectivity index (χ4v) is 8.28. The van der Waals surface area contributed by atoms with Crippen molar-refractivity contribution in [1.82, 2.24) is 0 Å². The van der Waals surface area contributed by atoms with E-state index >= 15 is 0 Å². The number of carbonyl (C=O) groups is 2. The van der Waals surface area contributed by atoms with Gasteiger partial charge < -0.3 is 27.9 Å². The highest BCUT2D eigenvalue weighted by Gasteiger charge is 2.21. The number of phosphoric ester groups is 1. The Kier molecular flexibility index (Phi) is 55.6. The Morgan fingerprint density at radius 1 is 0.388 bits per heavy atom. The zero-order valence-electron chi connectivity index (χ0n) is 50.9. The van der Waals surface area contributed by atoms with E-state index in [4.69, 9.17) is 18.5 Å². The van der Waals surface area contributed by atoms with Gasteiger partial charge in [0.1, 0.15) is 19.8 Å². The average molecular weight is 1130 g/mol. The second-order valence-corrected chi connectivity index (χ2v) is 22.4. The summed E-state index contributed by atoms with van der Waals surface area (Å²) in [5, 5.41) is 0. The third-order valence-corrected chi connectivity index (χ3v) is 13.2. The van der Waals surface area contributed by atoms with Crippen molar-refractivity contribution in [3.8, 4) is 0 Å². The molecule has 9 nitrogen and oxygen atoms in total. The summed E-state index contributed by atoms with van der Waals surface area (Å²) >= 11 is 0. The summed E-state index contributed by atoms with van der Waals surface area (Å²) in [6.07, 6.45) is 89.7. The Labute approximate surface area is 489 Å². The van der Waals surface area contributed by atoms with Crippen LogP contribution in [0.1, 0.15) is 206 Å². The van der Waals surface area contributed by atoms with Gasteiger partial charge in [0.05, 0.1) is 27.7 Å². The van der Waals surface area contributed by atoms with E-state index < -0.39 is 32.5 Å². The molecule has 0 bridgehead atoms. The molecule has 0 saturated carbocycles. The van der Waals surface area contributed by atoms with Gasteiger partial charge in [-0.3, -0.25) is 14.2 Å². The molecule has 0 aromatic heterocycles. The first-order valence-corrected chi connectivity index (χ1v) is 32.3. The number of hydrogen-bond donors (Lipinski definition) is 0. The van der Waals surface area contributed by atoms with Crippen LogP contribution < -0.4 is 4.89 Å². The van der Waals surface area contributed by atoms with Gasteiger partial charge >= 0.3 is 11.9 Å². The van der Waals surface area contributed by atoms with Gasteiger partial charge in [0.25, 0.3) is 7.82 Å². The van der Waals surface area contributed by atoms with Crippen LogP contribution in [-0.2, 0) is 32.7 Å². The van der Waals surface area contributed by atoms with E-state index in [1.807, 2.05) is 21.1 Å². The van der Waals surface area contributed by atoms with E-state index in [0.717, 1.165) is 141 Å². The van der Waals surface area contributed by atoms with Crippen LogP contribution in [0.15, 0.2) is 170 Å². The smallest absolute Gasteiger partial charge is 0.306 e. The fourth-order valence-electron chi connectivity index (χ4n) is 7.56. The number of unbranched alkanes of at least 4 members (excludes halogenated alkanes) is 12. The molecular weight excluding hydrogens is 1010 g/mol. The maximum Gasteiger partial charge on any atom is 0.306 e.